The van der Waals surface area contributed by atoms with E-state index in [9.17, 15) is 23.2 Å². The first kappa shape index (κ1) is 17.4. The number of methoxy groups -OCH3 is 1. The molecule has 1 aromatic carbocycles. The van der Waals surface area contributed by atoms with Crippen molar-refractivity contribution in [3.05, 3.63) is 23.8 Å². The van der Waals surface area contributed by atoms with Crippen molar-refractivity contribution in [2.24, 2.45) is 0 Å². The van der Waals surface area contributed by atoms with Crippen LogP contribution in [0.1, 0.15) is 10.4 Å². The maximum absolute atomic E-state index is 12.2. The molecule has 0 spiro atoms. The summed E-state index contributed by atoms with van der Waals surface area (Å²) in [6, 6.07) is 2.91. The van der Waals surface area contributed by atoms with E-state index in [1.165, 1.54) is 13.2 Å². The highest BCUT2D eigenvalue weighted by Crippen LogP contribution is 2.29. The van der Waals surface area contributed by atoms with E-state index in [0.717, 1.165) is 17.0 Å². The molecule has 1 aliphatic rings. The number of imide groups is 1. The molecule has 0 bridgehead atoms. The highest BCUT2D eigenvalue weighted by molar-refractivity contribution is 5.98. The Balaban J connectivity index is 1.99. The van der Waals surface area contributed by atoms with Crippen LogP contribution in [0, 0.1) is 0 Å². The molecule has 10 heteroatoms. The van der Waals surface area contributed by atoms with E-state index in [1.54, 1.807) is 0 Å². The Morgan fingerprint density at radius 3 is 2.67 bits per heavy atom. The van der Waals surface area contributed by atoms with E-state index in [-0.39, 0.29) is 23.6 Å². The zero-order chi connectivity index (χ0) is 17.7. The maximum Gasteiger partial charge on any atom is 0.387 e. The van der Waals surface area contributed by atoms with Crippen LogP contribution in [0.15, 0.2) is 18.2 Å². The van der Waals surface area contributed by atoms with Crippen LogP contribution in [0.25, 0.3) is 0 Å². The number of urea groups is 1. The fourth-order valence-electron chi connectivity index (χ4n) is 1.99. The molecule has 0 unspecified atom stereocenters. The molecule has 3 amide bonds. The Labute approximate surface area is 135 Å². The number of hydrogen-bond acceptors (Lipinski definition) is 6. The van der Waals surface area contributed by atoms with Gasteiger partial charge in [0.25, 0.3) is 5.91 Å². The van der Waals surface area contributed by atoms with Gasteiger partial charge in [-0.05, 0) is 18.2 Å². The van der Waals surface area contributed by atoms with Gasteiger partial charge in [0.05, 0.1) is 12.7 Å². The lowest BCUT2D eigenvalue weighted by molar-refractivity contribution is -0.130. The molecule has 1 saturated heterocycles. The van der Waals surface area contributed by atoms with Gasteiger partial charge in [0.15, 0.2) is 18.1 Å². The first-order chi connectivity index (χ1) is 11.4. The summed E-state index contributed by atoms with van der Waals surface area (Å²) in [5, 5.41) is 2.44. The lowest BCUT2D eigenvalue weighted by atomic mass is 10.2. The van der Waals surface area contributed by atoms with Crippen LogP contribution in [-0.2, 0) is 9.53 Å². The van der Waals surface area contributed by atoms with Crippen molar-refractivity contribution >= 4 is 17.9 Å². The van der Waals surface area contributed by atoms with E-state index >= 15 is 0 Å². The second-order valence-electron chi connectivity index (χ2n) is 4.60. The van der Waals surface area contributed by atoms with Gasteiger partial charge in [0, 0.05) is 13.1 Å². The molecule has 1 aromatic rings. The van der Waals surface area contributed by atoms with Crippen molar-refractivity contribution < 1.29 is 37.4 Å². The summed E-state index contributed by atoms with van der Waals surface area (Å²) in [5.74, 6) is -1.86. The molecule has 0 radical (unpaired) electrons. The van der Waals surface area contributed by atoms with E-state index < -0.39 is 31.1 Å². The number of benzene rings is 1. The van der Waals surface area contributed by atoms with E-state index in [4.69, 9.17) is 9.47 Å². The second-order valence-corrected chi connectivity index (χ2v) is 4.60. The van der Waals surface area contributed by atoms with Crippen molar-refractivity contribution in [1.82, 2.24) is 10.2 Å². The predicted octanol–water partition coefficient (Wildman–Crippen LogP) is 1.01. The molecule has 2 rings (SSSR count). The average Bonchev–Trinajstić information content (AvgIpc) is 2.98. The molecule has 0 saturated carbocycles. The molecule has 1 aliphatic heterocycles. The Hall–Kier alpha value is -2.91. The number of esters is 1. The standard InChI is InChI=1S/C14H14F2N2O6/c1-22-10-6-8(2-3-9(10)24-13(15)16)12(20)23-7-11(19)18-5-4-17-14(18)21/h2-3,6,13H,4-5,7H2,1H3,(H,17,21). The first-order valence-electron chi connectivity index (χ1n) is 6.80. The highest BCUT2D eigenvalue weighted by atomic mass is 19.3. The van der Waals surface area contributed by atoms with Gasteiger partial charge in [0.1, 0.15) is 0 Å². The topological polar surface area (TPSA) is 94.2 Å². The van der Waals surface area contributed by atoms with Gasteiger partial charge in [-0.1, -0.05) is 0 Å². The second kappa shape index (κ2) is 7.57. The minimum atomic E-state index is -3.04. The van der Waals surface area contributed by atoms with Crippen LogP contribution in [0.3, 0.4) is 0 Å². The number of carbonyl (C=O) groups is 3. The van der Waals surface area contributed by atoms with E-state index in [0.29, 0.717) is 6.54 Å². The minimum absolute atomic E-state index is 0.0212. The lowest BCUT2D eigenvalue weighted by Gasteiger charge is -2.13. The predicted molar refractivity (Wildman–Crippen MR) is 75.0 cm³/mol. The van der Waals surface area contributed by atoms with Crippen LogP contribution >= 0.6 is 0 Å². The van der Waals surface area contributed by atoms with Crippen molar-refractivity contribution in [2.75, 3.05) is 26.8 Å². The molecule has 0 atom stereocenters. The number of carbonyl (C=O) groups excluding carboxylic acids is 3. The van der Waals surface area contributed by atoms with Gasteiger partial charge in [-0.2, -0.15) is 8.78 Å². The normalized spacial score (nSPS) is 13.7. The SMILES string of the molecule is COc1cc(C(=O)OCC(=O)N2CCNC2=O)ccc1OC(F)F. The first-order valence-corrected chi connectivity index (χ1v) is 6.80. The van der Waals surface area contributed by atoms with Crippen molar-refractivity contribution in [1.29, 1.82) is 0 Å². The summed E-state index contributed by atoms with van der Waals surface area (Å²) in [5.41, 5.74) is -0.0212. The maximum atomic E-state index is 12.2. The van der Waals surface area contributed by atoms with Crippen LogP contribution < -0.4 is 14.8 Å². The van der Waals surface area contributed by atoms with Gasteiger partial charge in [-0.15, -0.1) is 0 Å². The van der Waals surface area contributed by atoms with Crippen molar-refractivity contribution in [3.63, 3.8) is 0 Å². The van der Waals surface area contributed by atoms with Gasteiger partial charge in [-0.25, -0.2) is 9.59 Å². The van der Waals surface area contributed by atoms with Crippen LogP contribution in [0.5, 0.6) is 11.5 Å². The number of nitrogens with one attached hydrogen (secondary N) is 1. The zero-order valence-electron chi connectivity index (χ0n) is 12.6. The van der Waals surface area contributed by atoms with Crippen LogP contribution in [-0.4, -0.2) is 56.2 Å². The van der Waals surface area contributed by atoms with Gasteiger partial charge >= 0.3 is 18.6 Å². The molecular weight excluding hydrogens is 330 g/mol. The lowest BCUT2D eigenvalue weighted by Crippen LogP contribution is -2.37. The third kappa shape index (κ3) is 4.09. The van der Waals surface area contributed by atoms with E-state index in [1.807, 2.05) is 0 Å². The van der Waals surface area contributed by atoms with E-state index in [2.05, 4.69) is 10.1 Å². The molecule has 0 aliphatic carbocycles. The largest absolute Gasteiger partial charge is 0.493 e. The number of amides is 3. The number of rotatable bonds is 6. The third-order valence-corrected chi connectivity index (χ3v) is 3.10. The van der Waals surface area contributed by atoms with Crippen molar-refractivity contribution in [3.8, 4) is 11.5 Å². The molecule has 0 aromatic heterocycles. The highest BCUT2D eigenvalue weighted by Gasteiger charge is 2.27. The molecule has 1 N–H and O–H groups in total. The number of halogens is 2. The summed E-state index contributed by atoms with van der Waals surface area (Å²) in [6.45, 7) is -3.13. The minimum Gasteiger partial charge on any atom is -0.493 e. The molecular formula is C14H14F2N2O6. The van der Waals surface area contributed by atoms with Gasteiger partial charge in [-0.3, -0.25) is 9.69 Å². The molecule has 8 nitrogen and oxygen atoms in total. The fraction of sp³-hybridized carbons (Fsp3) is 0.357. The summed E-state index contributed by atoms with van der Waals surface area (Å²) in [4.78, 5) is 35.9. The van der Waals surface area contributed by atoms with Crippen molar-refractivity contribution in [2.45, 2.75) is 6.61 Å². The summed E-state index contributed by atoms with van der Waals surface area (Å²) in [6.07, 6.45) is 0. The smallest absolute Gasteiger partial charge is 0.387 e. The zero-order valence-corrected chi connectivity index (χ0v) is 12.6. The Morgan fingerprint density at radius 1 is 1.33 bits per heavy atom. The van der Waals surface area contributed by atoms with Gasteiger partial charge in [0.2, 0.25) is 0 Å². The monoisotopic (exact) mass is 344 g/mol. The Kier molecular flexibility index (Phi) is 5.51. The number of hydrogen-bond donors (Lipinski definition) is 1. The third-order valence-electron chi connectivity index (χ3n) is 3.10. The van der Waals surface area contributed by atoms with Crippen LogP contribution in [0.4, 0.5) is 13.6 Å². The molecule has 1 fully saturated rings. The summed E-state index contributed by atoms with van der Waals surface area (Å²) in [7, 11) is 1.22. The Morgan fingerprint density at radius 2 is 2.08 bits per heavy atom. The summed E-state index contributed by atoms with van der Waals surface area (Å²) < 4.78 is 38.4. The fourth-order valence-corrected chi connectivity index (χ4v) is 1.99. The number of alkyl halides is 2. The number of ether oxygens (including phenoxy) is 3. The van der Waals surface area contributed by atoms with Crippen LogP contribution in [0.2, 0.25) is 0 Å². The number of nitrogens with zero attached hydrogens (tertiary/aromatic N) is 1. The Bertz CT molecular complexity index is 652. The quantitative estimate of drug-likeness (QED) is 0.774. The molecule has 1 heterocycles. The summed E-state index contributed by atoms with van der Waals surface area (Å²) >= 11 is 0. The average molecular weight is 344 g/mol. The van der Waals surface area contributed by atoms with Gasteiger partial charge < -0.3 is 19.5 Å². The molecule has 130 valence electrons. The molecule has 24 heavy (non-hydrogen) atoms.